The topological polar surface area (TPSA) is 127 Å². The Bertz CT molecular complexity index is 675. The number of amides is 1. The number of rotatable bonds is 7. The van der Waals surface area contributed by atoms with E-state index >= 15 is 0 Å². The SMILES string of the molecule is NCCNS(=O)(=O)[C@H]1CC[C@@H](NC(=O)c2cc(C3CC3)on2)CC1. The van der Waals surface area contributed by atoms with Gasteiger partial charge in [0.15, 0.2) is 5.69 Å². The molecule has 134 valence electrons. The second kappa shape index (κ2) is 7.20. The summed E-state index contributed by atoms with van der Waals surface area (Å²) in [4.78, 5) is 12.2. The highest BCUT2D eigenvalue weighted by molar-refractivity contribution is 7.90. The summed E-state index contributed by atoms with van der Waals surface area (Å²) in [6.07, 6.45) is 4.49. The molecular formula is C15H24N4O4S. The number of hydrogen-bond donors (Lipinski definition) is 3. The number of aromatic nitrogens is 1. The molecule has 9 heteroatoms. The molecule has 4 N–H and O–H groups in total. The number of sulfonamides is 1. The Labute approximate surface area is 141 Å². The molecule has 1 aromatic rings. The zero-order valence-electron chi connectivity index (χ0n) is 13.5. The summed E-state index contributed by atoms with van der Waals surface area (Å²) in [6, 6.07) is 1.68. The predicted molar refractivity (Wildman–Crippen MR) is 88.0 cm³/mol. The van der Waals surface area contributed by atoms with E-state index in [4.69, 9.17) is 10.3 Å². The van der Waals surface area contributed by atoms with Gasteiger partial charge < -0.3 is 15.6 Å². The zero-order chi connectivity index (χ0) is 17.2. The third kappa shape index (κ3) is 4.14. The molecule has 0 saturated heterocycles. The van der Waals surface area contributed by atoms with Crippen molar-refractivity contribution in [2.24, 2.45) is 5.73 Å². The predicted octanol–water partition coefficient (Wildman–Crippen LogP) is 0.471. The van der Waals surface area contributed by atoms with Crippen LogP contribution in [0.25, 0.3) is 0 Å². The van der Waals surface area contributed by atoms with Crippen molar-refractivity contribution >= 4 is 15.9 Å². The Morgan fingerprint density at radius 2 is 1.96 bits per heavy atom. The number of nitrogens with zero attached hydrogens (tertiary/aromatic N) is 1. The maximum Gasteiger partial charge on any atom is 0.273 e. The second-order valence-electron chi connectivity index (χ2n) is 6.56. The Kier molecular flexibility index (Phi) is 5.21. The van der Waals surface area contributed by atoms with Crippen molar-refractivity contribution < 1.29 is 17.7 Å². The second-order valence-corrected chi connectivity index (χ2v) is 8.61. The molecule has 2 saturated carbocycles. The van der Waals surface area contributed by atoms with Gasteiger partial charge in [0.1, 0.15) is 5.76 Å². The van der Waals surface area contributed by atoms with Crippen molar-refractivity contribution in [1.29, 1.82) is 0 Å². The van der Waals surface area contributed by atoms with Crippen LogP contribution in [0.1, 0.15) is 60.7 Å². The minimum absolute atomic E-state index is 0.0282. The van der Waals surface area contributed by atoms with Crippen LogP contribution in [0.15, 0.2) is 10.6 Å². The summed E-state index contributed by atoms with van der Waals surface area (Å²) in [5, 5.41) is 6.34. The molecule has 2 fully saturated rings. The minimum atomic E-state index is -3.32. The quantitative estimate of drug-likeness (QED) is 0.652. The molecule has 0 spiro atoms. The summed E-state index contributed by atoms with van der Waals surface area (Å²) in [5.74, 6) is 0.944. The Morgan fingerprint density at radius 3 is 2.58 bits per heavy atom. The molecule has 1 amide bonds. The lowest BCUT2D eigenvalue weighted by molar-refractivity contribution is 0.0918. The number of nitrogens with one attached hydrogen (secondary N) is 2. The Balaban J connectivity index is 1.48. The highest BCUT2D eigenvalue weighted by Gasteiger charge is 2.32. The van der Waals surface area contributed by atoms with Crippen LogP contribution < -0.4 is 15.8 Å². The van der Waals surface area contributed by atoms with Crippen LogP contribution in [-0.4, -0.2) is 43.9 Å². The van der Waals surface area contributed by atoms with E-state index in [1.54, 1.807) is 6.07 Å². The fourth-order valence-corrected chi connectivity index (χ4v) is 4.58. The fourth-order valence-electron chi connectivity index (χ4n) is 3.05. The van der Waals surface area contributed by atoms with Gasteiger partial charge in [-0.2, -0.15) is 0 Å². The van der Waals surface area contributed by atoms with Gasteiger partial charge in [-0.1, -0.05) is 5.16 Å². The van der Waals surface area contributed by atoms with Gasteiger partial charge in [0, 0.05) is 31.1 Å². The van der Waals surface area contributed by atoms with Gasteiger partial charge in [0.05, 0.1) is 5.25 Å². The maximum atomic E-state index is 12.2. The van der Waals surface area contributed by atoms with Gasteiger partial charge in [0.2, 0.25) is 10.0 Å². The highest BCUT2D eigenvalue weighted by Crippen LogP contribution is 2.40. The first-order valence-electron chi connectivity index (χ1n) is 8.45. The first-order chi connectivity index (χ1) is 11.5. The van der Waals surface area contributed by atoms with Gasteiger partial charge in [0.25, 0.3) is 5.91 Å². The van der Waals surface area contributed by atoms with Crippen LogP contribution >= 0.6 is 0 Å². The molecule has 0 aliphatic heterocycles. The maximum absolute atomic E-state index is 12.2. The zero-order valence-corrected chi connectivity index (χ0v) is 14.3. The third-order valence-electron chi connectivity index (χ3n) is 4.64. The van der Waals surface area contributed by atoms with Crippen molar-refractivity contribution in [2.75, 3.05) is 13.1 Å². The normalized spacial score (nSPS) is 24.7. The van der Waals surface area contributed by atoms with E-state index in [1.807, 2.05) is 0 Å². The van der Waals surface area contributed by atoms with Crippen molar-refractivity contribution in [3.05, 3.63) is 17.5 Å². The molecule has 3 rings (SSSR count). The fraction of sp³-hybridized carbons (Fsp3) is 0.733. The molecular weight excluding hydrogens is 332 g/mol. The van der Waals surface area contributed by atoms with E-state index in [-0.39, 0.29) is 25.0 Å². The molecule has 8 nitrogen and oxygen atoms in total. The highest BCUT2D eigenvalue weighted by atomic mass is 32.2. The number of hydrogen-bond acceptors (Lipinski definition) is 6. The average molecular weight is 356 g/mol. The summed E-state index contributed by atoms with van der Waals surface area (Å²) in [6.45, 7) is 0.541. The van der Waals surface area contributed by atoms with Gasteiger partial charge in [-0.3, -0.25) is 4.79 Å². The summed E-state index contributed by atoms with van der Waals surface area (Å²) >= 11 is 0. The number of carbonyl (C=O) groups excluding carboxylic acids is 1. The average Bonchev–Trinajstić information content (AvgIpc) is 3.30. The Morgan fingerprint density at radius 1 is 1.25 bits per heavy atom. The summed E-state index contributed by atoms with van der Waals surface area (Å²) in [7, 11) is -3.32. The molecule has 0 radical (unpaired) electrons. The van der Waals surface area contributed by atoms with Crippen LogP contribution in [0.4, 0.5) is 0 Å². The number of carbonyl (C=O) groups is 1. The summed E-state index contributed by atoms with van der Waals surface area (Å²) < 4.78 is 31.9. The van der Waals surface area contributed by atoms with Gasteiger partial charge in [-0.25, -0.2) is 13.1 Å². The van der Waals surface area contributed by atoms with Crippen molar-refractivity contribution in [3.63, 3.8) is 0 Å². The molecule has 0 aromatic carbocycles. The first kappa shape index (κ1) is 17.4. The van der Waals surface area contributed by atoms with E-state index in [0.29, 0.717) is 37.3 Å². The van der Waals surface area contributed by atoms with Crippen LogP contribution in [0.3, 0.4) is 0 Å². The van der Waals surface area contributed by atoms with Crippen LogP contribution in [0.5, 0.6) is 0 Å². The van der Waals surface area contributed by atoms with Crippen molar-refractivity contribution in [1.82, 2.24) is 15.2 Å². The summed E-state index contributed by atoms with van der Waals surface area (Å²) in [5.41, 5.74) is 5.64. The van der Waals surface area contributed by atoms with Crippen LogP contribution in [-0.2, 0) is 10.0 Å². The Hall–Kier alpha value is -1.45. The monoisotopic (exact) mass is 356 g/mol. The standard InChI is InChI=1S/C15H24N4O4S/c16-7-8-17-24(21,22)12-5-3-11(4-6-12)18-15(20)13-9-14(23-19-13)10-1-2-10/h9-12,17H,1-8,16H2,(H,18,20)/t11-,12+. The molecule has 24 heavy (non-hydrogen) atoms. The van der Waals surface area contributed by atoms with E-state index in [2.05, 4.69) is 15.2 Å². The molecule has 2 aliphatic carbocycles. The third-order valence-corrected chi connectivity index (χ3v) is 6.59. The largest absolute Gasteiger partial charge is 0.360 e. The van der Waals surface area contributed by atoms with Crippen molar-refractivity contribution in [3.8, 4) is 0 Å². The molecule has 0 bridgehead atoms. The van der Waals surface area contributed by atoms with E-state index in [0.717, 1.165) is 18.6 Å². The van der Waals surface area contributed by atoms with Gasteiger partial charge in [-0.15, -0.1) is 0 Å². The smallest absolute Gasteiger partial charge is 0.273 e. The van der Waals surface area contributed by atoms with E-state index in [9.17, 15) is 13.2 Å². The van der Waals surface area contributed by atoms with Gasteiger partial charge in [-0.05, 0) is 38.5 Å². The van der Waals surface area contributed by atoms with Crippen molar-refractivity contribution in [2.45, 2.75) is 55.7 Å². The molecule has 2 aliphatic rings. The van der Waals surface area contributed by atoms with E-state index in [1.165, 1.54) is 0 Å². The molecule has 0 unspecified atom stereocenters. The van der Waals surface area contributed by atoms with Gasteiger partial charge >= 0.3 is 0 Å². The lowest BCUT2D eigenvalue weighted by Crippen LogP contribution is -2.43. The molecule has 0 atom stereocenters. The minimum Gasteiger partial charge on any atom is -0.360 e. The molecule has 1 aromatic heterocycles. The van der Waals surface area contributed by atoms with E-state index < -0.39 is 15.3 Å². The molecule has 1 heterocycles. The number of nitrogens with two attached hydrogens (primary N) is 1. The first-order valence-corrected chi connectivity index (χ1v) is 10.00. The van der Waals surface area contributed by atoms with Crippen LogP contribution in [0.2, 0.25) is 0 Å². The lowest BCUT2D eigenvalue weighted by Gasteiger charge is -2.28. The lowest BCUT2D eigenvalue weighted by atomic mass is 9.95. The van der Waals surface area contributed by atoms with Crippen LogP contribution in [0, 0.1) is 0 Å².